The smallest absolute Gasteiger partial charge is 0.203 e. The molecule has 0 amide bonds. The van der Waals surface area contributed by atoms with Gasteiger partial charge < -0.3 is 23.9 Å². The van der Waals surface area contributed by atoms with Gasteiger partial charge in [0.1, 0.15) is 5.75 Å². The van der Waals surface area contributed by atoms with Crippen LogP contribution in [-0.4, -0.2) is 33.4 Å². The Hall–Kier alpha value is -2.82. The summed E-state index contributed by atoms with van der Waals surface area (Å²) in [6.07, 6.45) is 0. The summed E-state index contributed by atoms with van der Waals surface area (Å²) in [4.78, 5) is 3.39. The quantitative estimate of drug-likeness (QED) is 0.777. The third-order valence-electron chi connectivity index (χ3n) is 3.81. The molecule has 0 fully saturated rings. The number of hydrogen-bond donors (Lipinski definition) is 1. The lowest BCUT2D eigenvalue weighted by Gasteiger charge is -2.13. The van der Waals surface area contributed by atoms with E-state index in [1.165, 1.54) is 0 Å². The van der Waals surface area contributed by atoms with Crippen molar-refractivity contribution in [2.75, 3.05) is 28.4 Å². The highest BCUT2D eigenvalue weighted by Crippen LogP contribution is 2.41. The zero-order valence-corrected chi connectivity index (χ0v) is 13.6. The lowest BCUT2D eigenvalue weighted by Crippen LogP contribution is -1.95. The van der Waals surface area contributed by atoms with Gasteiger partial charge in [-0.15, -0.1) is 0 Å². The lowest BCUT2D eigenvalue weighted by molar-refractivity contribution is 0.324. The topological polar surface area (TPSA) is 52.7 Å². The molecule has 0 radical (unpaired) electrons. The fraction of sp³-hybridized carbons (Fsp3) is 0.222. The summed E-state index contributed by atoms with van der Waals surface area (Å²) in [5.41, 5.74) is 2.93. The van der Waals surface area contributed by atoms with E-state index in [9.17, 15) is 0 Å². The molecule has 5 nitrogen and oxygen atoms in total. The molecule has 5 heteroatoms. The highest BCUT2D eigenvalue weighted by Gasteiger charge is 2.15. The van der Waals surface area contributed by atoms with Crippen molar-refractivity contribution in [3.05, 3.63) is 36.4 Å². The van der Waals surface area contributed by atoms with Crippen molar-refractivity contribution >= 4 is 10.9 Å². The predicted molar refractivity (Wildman–Crippen MR) is 89.9 cm³/mol. The Morgan fingerprint density at radius 3 is 2.00 bits per heavy atom. The lowest BCUT2D eigenvalue weighted by atomic mass is 10.1. The monoisotopic (exact) mass is 313 g/mol. The van der Waals surface area contributed by atoms with Gasteiger partial charge in [-0.25, -0.2) is 0 Å². The Morgan fingerprint density at radius 2 is 1.43 bits per heavy atom. The first-order valence-electron chi connectivity index (χ1n) is 7.17. The maximum absolute atomic E-state index is 5.41. The second kappa shape index (κ2) is 6.12. The van der Waals surface area contributed by atoms with Crippen LogP contribution >= 0.6 is 0 Å². The van der Waals surface area contributed by atoms with Crippen molar-refractivity contribution in [2.24, 2.45) is 0 Å². The van der Waals surface area contributed by atoms with Crippen LogP contribution in [-0.2, 0) is 0 Å². The first kappa shape index (κ1) is 15.1. The summed E-state index contributed by atoms with van der Waals surface area (Å²) >= 11 is 0. The highest BCUT2D eigenvalue weighted by molar-refractivity contribution is 5.87. The molecule has 0 aliphatic carbocycles. The summed E-state index contributed by atoms with van der Waals surface area (Å²) in [6.45, 7) is 0. The molecule has 2 aromatic carbocycles. The van der Waals surface area contributed by atoms with Crippen LogP contribution in [0.1, 0.15) is 0 Å². The molecular weight excluding hydrogens is 294 g/mol. The third kappa shape index (κ3) is 2.65. The molecule has 0 saturated carbocycles. The first-order valence-corrected chi connectivity index (χ1v) is 7.17. The van der Waals surface area contributed by atoms with Crippen LogP contribution in [0.3, 0.4) is 0 Å². The van der Waals surface area contributed by atoms with Crippen molar-refractivity contribution in [1.29, 1.82) is 0 Å². The van der Waals surface area contributed by atoms with E-state index in [1.54, 1.807) is 28.4 Å². The molecule has 120 valence electrons. The summed E-state index contributed by atoms with van der Waals surface area (Å²) in [6, 6.07) is 11.8. The average molecular weight is 313 g/mol. The van der Waals surface area contributed by atoms with E-state index >= 15 is 0 Å². The van der Waals surface area contributed by atoms with Crippen molar-refractivity contribution in [3.63, 3.8) is 0 Å². The van der Waals surface area contributed by atoms with Crippen LogP contribution in [0, 0.1) is 0 Å². The van der Waals surface area contributed by atoms with E-state index < -0.39 is 0 Å². The Labute approximate surface area is 134 Å². The van der Waals surface area contributed by atoms with E-state index in [4.69, 9.17) is 18.9 Å². The molecule has 0 spiro atoms. The van der Waals surface area contributed by atoms with Gasteiger partial charge in [-0.2, -0.15) is 0 Å². The maximum Gasteiger partial charge on any atom is 0.203 e. The summed E-state index contributed by atoms with van der Waals surface area (Å²) in [5.74, 6) is 2.64. The SMILES string of the molecule is COc1ccc2cc(-c3cc(OC)c(OC)c(OC)c3)[nH]c2c1. The Balaban J connectivity index is 2.14. The fourth-order valence-electron chi connectivity index (χ4n) is 2.63. The van der Waals surface area contributed by atoms with Crippen molar-refractivity contribution < 1.29 is 18.9 Å². The molecule has 0 aliphatic rings. The number of nitrogens with one attached hydrogen (secondary N) is 1. The molecule has 0 saturated heterocycles. The van der Waals surface area contributed by atoms with Crippen LogP contribution in [0.5, 0.6) is 23.0 Å². The standard InChI is InChI=1S/C18H19NO4/c1-20-13-6-5-11-7-14(19-15(11)10-13)12-8-16(21-2)18(23-4)17(9-12)22-3/h5-10,19H,1-4H3. The number of methoxy groups -OCH3 is 4. The minimum absolute atomic E-state index is 0.580. The molecule has 0 unspecified atom stereocenters. The number of rotatable bonds is 5. The Morgan fingerprint density at radius 1 is 0.739 bits per heavy atom. The summed E-state index contributed by atoms with van der Waals surface area (Å²) < 4.78 is 21.5. The van der Waals surface area contributed by atoms with Crippen LogP contribution in [0.4, 0.5) is 0 Å². The van der Waals surface area contributed by atoms with Crippen molar-refractivity contribution in [2.45, 2.75) is 0 Å². The number of aromatic nitrogens is 1. The number of ether oxygens (including phenoxy) is 4. The average Bonchev–Trinajstić information content (AvgIpc) is 3.03. The van der Waals surface area contributed by atoms with Gasteiger partial charge in [-0.3, -0.25) is 0 Å². The van der Waals surface area contributed by atoms with E-state index in [0.717, 1.165) is 27.9 Å². The van der Waals surface area contributed by atoms with Crippen LogP contribution in [0.25, 0.3) is 22.2 Å². The minimum atomic E-state index is 0.580. The number of H-pyrrole nitrogens is 1. The van der Waals surface area contributed by atoms with Crippen molar-refractivity contribution in [1.82, 2.24) is 4.98 Å². The molecule has 23 heavy (non-hydrogen) atoms. The Bertz CT molecular complexity index is 813. The molecule has 3 aromatic rings. The van der Waals surface area contributed by atoms with Gasteiger partial charge in [-0.05, 0) is 30.3 Å². The van der Waals surface area contributed by atoms with Crippen molar-refractivity contribution in [3.8, 4) is 34.3 Å². The molecule has 1 heterocycles. The molecular formula is C18H19NO4. The fourth-order valence-corrected chi connectivity index (χ4v) is 2.63. The number of benzene rings is 2. The van der Waals surface area contributed by atoms with Gasteiger partial charge in [0.05, 0.1) is 28.4 Å². The third-order valence-corrected chi connectivity index (χ3v) is 3.81. The molecule has 0 bridgehead atoms. The second-order valence-electron chi connectivity index (χ2n) is 5.05. The zero-order valence-electron chi connectivity index (χ0n) is 13.6. The molecule has 1 N–H and O–H groups in total. The first-order chi connectivity index (χ1) is 11.2. The van der Waals surface area contributed by atoms with Gasteiger partial charge in [0.15, 0.2) is 11.5 Å². The normalized spacial score (nSPS) is 10.6. The molecule has 1 aromatic heterocycles. The van der Waals surface area contributed by atoms with Gasteiger partial charge in [0.2, 0.25) is 5.75 Å². The highest BCUT2D eigenvalue weighted by atomic mass is 16.5. The van der Waals surface area contributed by atoms with Gasteiger partial charge >= 0.3 is 0 Å². The predicted octanol–water partition coefficient (Wildman–Crippen LogP) is 3.87. The molecule has 3 rings (SSSR count). The Kier molecular flexibility index (Phi) is 4.02. The minimum Gasteiger partial charge on any atom is -0.497 e. The van der Waals surface area contributed by atoms with Crippen LogP contribution in [0.2, 0.25) is 0 Å². The summed E-state index contributed by atoms with van der Waals surface area (Å²) in [5, 5.41) is 1.11. The second-order valence-corrected chi connectivity index (χ2v) is 5.05. The van der Waals surface area contributed by atoms with Gasteiger partial charge in [0, 0.05) is 28.2 Å². The number of hydrogen-bond acceptors (Lipinski definition) is 4. The maximum atomic E-state index is 5.41. The van der Waals surface area contributed by atoms with Crippen LogP contribution in [0.15, 0.2) is 36.4 Å². The van der Waals surface area contributed by atoms with E-state index in [0.29, 0.717) is 17.2 Å². The van der Waals surface area contributed by atoms with Gasteiger partial charge in [0.25, 0.3) is 0 Å². The van der Waals surface area contributed by atoms with Gasteiger partial charge in [-0.1, -0.05) is 0 Å². The van der Waals surface area contributed by atoms with Crippen LogP contribution < -0.4 is 18.9 Å². The van der Waals surface area contributed by atoms with E-state index in [2.05, 4.69) is 11.1 Å². The largest absolute Gasteiger partial charge is 0.497 e. The summed E-state index contributed by atoms with van der Waals surface area (Å²) in [7, 11) is 6.47. The molecule has 0 atom stereocenters. The van der Waals surface area contributed by atoms with E-state index in [1.807, 2.05) is 30.3 Å². The number of aromatic amines is 1. The number of fused-ring (bicyclic) bond motifs is 1. The molecule has 0 aliphatic heterocycles. The van der Waals surface area contributed by atoms with E-state index in [-0.39, 0.29) is 0 Å². The zero-order chi connectivity index (χ0) is 16.4.